The summed E-state index contributed by atoms with van der Waals surface area (Å²) in [5, 5.41) is 24.1. The number of hydrogen-bond donors (Lipinski definition) is 1. The molecule has 3 aromatic heterocycles. The van der Waals surface area contributed by atoms with Crippen LogP contribution in [0.3, 0.4) is 0 Å². The van der Waals surface area contributed by atoms with Crippen LogP contribution < -0.4 is 9.64 Å². The summed E-state index contributed by atoms with van der Waals surface area (Å²) in [4.78, 5) is 21.9. The fourth-order valence-corrected chi connectivity index (χ4v) is 5.34. The predicted octanol–water partition coefficient (Wildman–Crippen LogP) is 2.44. The third-order valence-electron chi connectivity index (χ3n) is 7.53. The number of pyridine rings is 2. The maximum Gasteiger partial charge on any atom is 0.256 e. The SMILES string of the molecule is CO[C@@H](C(=O)N1CCN(c2ccc(-c3cc(O[C@H]4COCC4O)cn4ncc(C#N)c34)cn2)CC1)c1ccccc1. The minimum absolute atomic E-state index is 0.0430. The topological polar surface area (TPSA) is 125 Å². The minimum Gasteiger partial charge on any atom is -0.484 e. The van der Waals surface area contributed by atoms with E-state index in [1.807, 2.05) is 53.4 Å². The Morgan fingerprint density at radius 3 is 2.59 bits per heavy atom. The lowest BCUT2D eigenvalue weighted by Crippen LogP contribution is -2.50. The van der Waals surface area contributed by atoms with Gasteiger partial charge in [0.2, 0.25) is 0 Å². The van der Waals surface area contributed by atoms with E-state index in [1.165, 1.54) is 6.20 Å². The second kappa shape index (κ2) is 11.5. The van der Waals surface area contributed by atoms with E-state index in [4.69, 9.17) is 19.2 Å². The first-order valence-electron chi connectivity index (χ1n) is 13.5. The smallest absolute Gasteiger partial charge is 0.256 e. The molecule has 1 N–H and O–H groups in total. The number of carbonyl (C=O) groups excluding carboxylic acids is 1. The molecule has 210 valence electrons. The van der Waals surface area contributed by atoms with Crippen LogP contribution in [0.15, 0.2) is 67.1 Å². The van der Waals surface area contributed by atoms with Crippen molar-refractivity contribution >= 4 is 17.2 Å². The van der Waals surface area contributed by atoms with Crippen LogP contribution in [0.4, 0.5) is 5.82 Å². The molecule has 2 aliphatic heterocycles. The Labute approximate surface area is 237 Å². The van der Waals surface area contributed by atoms with Crippen LogP contribution in [0, 0.1) is 11.3 Å². The highest BCUT2D eigenvalue weighted by Crippen LogP contribution is 2.32. The molecule has 0 saturated carbocycles. The third kappa shape index (κ3) is 5.32. The standard InChI is InChI=1S/C30H30N6O5/c1-39-29(20-5-3-2-4-6-20)30(38)35-11-9-34(10-12-35)27-8-7-21(15-32-27)24-13-23(41-26-19-40-18-25(26)37)17-36-28(24)22(14-31)16-33-36/h2-8,13,15-17,25-26,29,37H,9-12,18-19H2,1H3/t25?,26-,29+/m0/s1. The van der Waals surface area contributed by atoms with Crippen molar-refractivity contribution in [3.63, 3.8) is 0 Å². The van der Waals surface area contributed by atoms with E-state index < -0.39 is 18.3 Å². The molecule has 11 heteroatoms. The Balaban J connectivity index is 1.18. The highest BCUT2D eigenvalue weighted by molar-refractivity contribution is 5.85. The summed E-state index contributed by atoms with van der Waals surface area (Å²) in [6, 6.07) is 17.5. The number of anilines is 1. The molecule has 6 rings (SSSR count). The van der Waals surface area contributed by atoms with Crippen LogP contribution in [-0.4, -0.2) is 89.2 Å². The van der Waals surface area contributed by atoms with Gasteiger partial charge in [0, 0.05) is 50.6 Å². The van der Waals surface area contributed by atoms with E-state index in [9.17, 15) is 15.2 Å². The highest BCUT2D eigenvalue weighted by atomic mass is 16.6. The molecule has 2 aliphatic rings. The summed E-state index contributed by atoms with van der Waals surface area (Å²) >= 11 is 0. The summed E-state index contributed by atoms with van der Waals surface area (Å²) in [7, 11) is 1.56. The van der Waals surface area contributed by atoms with Crippen LogP contribution in [-0.2, 0) is 14.3 Å². The number of aromatic nitrogens is 3. The van der Waals surface area contributed by atoms with Crippen molar-refractivity contribution in [3.05, 3.63) is 78.2 Å². The third-order valence-corrected chi connectivity index (χ3v) is 7.53. The fraction of sp³-hybridized carbons (Fsp3) is 0.333. The number of hydrogen-bond acceptors (Lipinski definition) is 9. The molecule has 1 aromatic carbocycles. The van der Waals surface area contributed by atoms with Crippen LogP contribution in [0.1, 0.15) is 17.2 Å². The zero-order valence-corrected chi connectivity index (χ0v) is 22.6. The van der Waals surface area contributed by atoms with Gasteiger partial charge in [-0.05, 0) is 23.8 Å². The van der Waals surface area contributed by atoms with Crippen LogP contribution in [0.2, 0.25) is 0 Å². The maximum absolute atomic E-state index is 13.2. The predicted molar refractivity (Wildman–Crippen MR) is 149 cm³/mol. The van der Waals surface area contributed by atoms with Gasteiger partial charge >= 0.3 is 0 Å². The Morgan fingerprint density at radius 2 is 1.93 bits per heavy atom. The van der Waals surface area contributed by atoms with Gasteiger partial charge in [0.25, 0.3) is 5.91 Å². The first-order valence-corrected chi connectivity index (χ1v) is 13.5. The number of amides is 1. The normalized spacial score (nSPS) is 19.7. The number of benzene rings is 1. The number of methoxy groups -OCH3 is 1. The van der Waals surface area contributed by atoms with Gasteiger partial charge < -0.3 is 29.1 Å². The minimum atomic E-state index is -0.711. The fourth-order valence-electron chi connectivity index (χ4n) is 5.34. The molecule has 2 saturated heterocycles. The first kappa shape index (κ1) is 26.7. The van der Waals surface area contributed by atoms with Gasteiger partial charge in [0.1, 0.15) is 29.8 Å². The Bertz CT molecular complexity index is 1560. The van der Waals surface area contributed by atoms with Crippen molar-refractivity contribution in [2.24, 2.45) is 0 Å². The summed E-state index contributed by atoms with van der Waals surface area (Å²) in [5.41, 5.74) is 3.46. The van der Waals surface area contributed by atoms with E-state index in [-0.39, 0.29) is 12.5 Å². The number of nitrogens with zero attached hydrogens (tertiary/aromatic N) is 6. The van der Waals surface area contributed by atoms with Crippen molar-refractivity contribution in [1.29, 1.82) is 5.26 Å². The molecule has 5 heterocycles. The molecular formula is C30H30N6O5. The highest BCUT2D eigenvalue weighted by Gasteiger charge is 2.30. The number of nitriles is 1. The Hall–Kier alpha value is -4.50. The molecule has 0 aliphatic carbocycles. The largest absolute Gasteiger partial charge is 0.484 e. The molecular weight excluding hydrogens is 524 g/mol. The van der Waals surface area contributed by atoms with E-state index in [1.54, 1.807) is 24.0 Å². The molecule has 4 aromatic rings. The quantitative estimate of drug-likeness (QED) is 0.367. The molecule has 11 nitrogen and oxygen atoms in total. The van der Waals surface area contributed by atoms with E-state index >= 15 is 0 Å². The molecule has 0 bridgehead atoms. The van der Waals surface area contributed by atoms with E-state index in [0.29, 0.717) is 49.6 Å². The number of ether oxygens (including phenoxy) is 3. The van der Waals surface area contributed by atoms with Gasteiger partial charge in [0.15, 0.2) is 6.10 Å². The van der Waals surface area contributed by atoms with E-state index in [0.717, 1.165) is 22.5 Å². The van der Waals surface area contributed by atoms with Gasteiger partial charge in [-0.25, -0.2) is 9.50 Å². The lowest BCUT2D eigenvalue weighted by atomic mass is 10.0. The van der Waals surface area contributed by atoms with Crippen molar-refractivity contribution in [1.82, 2.24) is 19.5 Å². The van der Waals surface area contributed by atoms with Gasteiger partial charge in [0.05, 0.1) is 36.7 Å². The molecule has 3 atom stereocenters. The van der Waals surface area contributed by atoms with Gasteiger partial charge in [-0.15, -0.1) is 0 Å². The summed E-state index contributed by atoms with van der Waals surface area (Å²) in [5.74, 6) is 1.26. The molecule has 1 unspecified atom stereocenters. The number of aliphatic hydroxyl groups excluding tert-OH is 1. The van der Waals surface area contributed by atoms with E-state index in [2.05, 4.69) is 16.1 Å². The second-order valence-electron chi connectivity index (χ2n) is 10.1. The number of carbonyl (C=O) groups is 1. The number of piperazine rings is 1. The first-order chi connectivity index (χ1) is 20.1. The zero-order chi connectivity index (χ0) is 28.3. The number of aliphatic hydroxyl groups is 1. The average Bonchev–Trinajstić information content (AvgIpc) is 3.63. The molecule has 1 amide bonds. The van der Waals surface area contributed by atoms with Gasteiger partial charge in [-0.2, -0.15) is 10.4 Å². The van der Waals surface area contributed by atoms with Crippen molar-refractivity contribution in [3.8, 4) is 22.9 Å². The van der Waals surface area contributed by atoms with Gasteiger partial charge in [-0.1, -0.05) is 30.3 Å². The molecule has 41 heavy (non-hydrogen) atoms. The lowest BCUT2D eigenvalue weighted by Gasteiger charge is -2.36. The lowest BCUT2D eigenvalue weighted by molar-refractivity contribution is -0.142. The Morgan fingerprint density at radius 1 is 1.12 bits per heavy atom. The van der Waals surface area contributed by atoms with Crippen molar-refractivity contribution < 1.29 is 24.1 Å². The maximum atomic E-state index is 13.2. The number of rotatable bonds is 7. The van der Waals surface area contributed by atoms with Crippen LogP contribution in [0.5, 0.6) is 5.75 Å². The summed E-state index contributed by atoms with van der Waals surface area (Å²) < 4.78 is 18.5. The van der Waals surface area contributed by atoms with Crippen molar-refractivity contribution in [2.45, 2.75) is 18.3 Å². The summed E-state index contributed by atoms with van der Waals surface area (Å²) in [6.45, 7) is 2.94. The molecule has 0 spiro atoms. The monoisotopic (exact) mass is 554 g/mol. The molecule has 0 radical (unpaired) electrons. The Kier molecular flexibility index (Phi) is 7.52. The average molecular weight is 555 g/mol. The van der Waals surface area contributed by atoms with Gasteiger partial charge in [-0.3, -0.25) is 4.79 Å². The second-order valence-corrected chi connectivity index (χ2v) is 10.1. The zero-order valence-electron chi connectivity index (χ0n) is 22.6. The van der Waals surface area contributed by atoms with Crippen molar-refractivity contribution in [2.75, 3.05) is 51.4 Å². The number of fused-ring (bicyclic) bond motifs is 1. The summed E-state index contributed by atoms with van der Waals surface area (Å²) in [6.07, 6.45) is 3.16. The molecule has 2 fully saturated rings. The van der Waals surface area contributed by atoms with Crippen LogP contribution in [0.25, 0.3) is 16.6 Å². The van der Waals surface area contributed by atoms with Crippen LogP contribution >= 0.6 is 0 Å².